The second-order valence-corrected chi connectivity index (χ2v) is 6.76. The summed E-state index contributed by atoms with van der Waals surface area (Å²) in [6.45, 7) is 0. The van der Waals surface area contributed by atoms with E-state index in [1.807, 2.05) is 36.4 Å². The van der Waals surface area contributed by atoms with E-state index in [-0.39, 0.29) is 5.78 Å². The van der Waals surface area contributed by atoms with Crippen LogP contribution in [0.15, 0.2) is 36.4 Å². The molecule has 0 radical (unpaired) electrons. The third-order valence-electron chi connectivity index (χ3n) is 4.26. The van der Waals surface area contributed by atoms with Crippen LogP contribution >= 0.6 is 11.3 Å². The minimum atomic E-state index is -0.0525. The van der Waals surface area contributed by atoms with Crippen molar-refractivity contribution in [2.24, 2.45) is 0 Å². The van der Waals surface area contributed by atoms with Crippen LogP contribution in [0.4, 0.5) is 5.82 Å². The number of thiophene rings is 1. The minimum Gasteiger partial charge on any atom is -0.383 e. The van der Waals surface area contributed by atoms with Gasteiger partial charge in [0.15, 0.2) is 5.78 Å². The molecule has 1 aliphatic rings. The first-order valence-corrected chi connectivity index (χ1v) is 8.36. The van der Waals surface area contributed by atoms with Gasteiger partial charge in [-0.15, -0.1) is 11.3 Å². The van der Waals surface area contributed by atoms with Crippen molar-refractivity contribution in [2.75, 3.05) is 5.73 Å². The monoisotopic (exact) mass is 308 g/mol. The Balaban J connectivity index is 1.88. The number of nitrogens with two attached hydrogens (primary N) is 1. The molecule has 2 aromatic heterocycles. The molecule has 3 aromatic rings. The number of aromatic nitrogens is 1. The Morgan fingerprint density at radius 2 is 1.91 bits per heavy atom. The summed E-state index contributed by atoms with van der Waals surface area (Å²) < 4.78 is 0. The predicted molar refractivity (Wildman–Crippen MR) is 90.5 cm³/mol. The first kappa shape index (κ1) is 13.5. The van der Waals surface area contributed by atoms with E-state index in [1.54, 1.807) is 11.3 Å². The van der Waals surface area contributed by atoms with Gasteiger partial charge < -0.3 is 5.73 Å². The standard InChI is InChI=1S/C18H16N2OS/c19-17-14(16(21)11-6-2-1-3-7-11)10-13-12-8-4-5-9-15(12)22-18(13)20-17/h1-3,6-7,10H,4-5,8-9H2,(H2,19,20). The molecule has 4 rings (SSSR count). The zero-order valence-corrected chi connectivity index (χ0v) is 13.0. The molecule has 3 nitrogen and oxygen atoms in total. The van der Waals surface area contributed by atoms with E-state index >= 15 is 0 Å². The lowest BCUT2D eigenvalue weighted by Crippen LogP contribution is -2.07. The fourth-order valence-electron chi connectivity index (χ4n) is 3.12. The topological polar surface area (TPSA) is 56.0 Å². The van der Waals surface area contributed by atoms with E-state index < -0.39 is 0 Å². The number of carbonyl (C=O) groups is 1. The molecule has 0 saturated heterocycles. The van der Waals surface area contributed by atoms with E-state index in [0.717, 1.165) is 23.1 Å². The van der Waals surface area contributed by atoms with Gasteiger partial charge in [0.05, 0.1) is 5.56 Å². The molecule has 0 amide bonds. The molecule has 1 aliphatic carbocycles. The van der Waals surface area contributed by atoms with Crippen LogP contribution in [0.1, 0.15) is 39.2 Å². The number of anilines is 1. The van der Waals surface area contributed by atoms with Crippen molar-refractivity contribution in [3.8, 4) is 0 Å². The van der Waals surface area contributed by atoms with E-state index in [1.165, 1.54) is 23.3 Å². The van der Waals surface area contributed by atoms with E-state index in [2.05, 4.69) is 4.98 Å². The lowest BCUT2D eigenvalue weighted by atomic mass is 9.95. The number of aryl methyl sites for hydroxylation is 2. The van der Waals surface area contributed by atoms with Crippen molar-refractivity contribution < 1.29 is 4.79 Å². The van der Waals surface area contributed by atoms with Gasteiger partial charge in [-0.3, -0.25) is 4.79 Å². The quantitative estimate of drug-likeness (QED) is 0.728. The van der Waals surface area contributed by atoms with Crippen LogP contribution in [-0.4, -0.2) is 10.8 Å². The summed E-state index contributed by atoms with van der Waals surface area (Å²) in [7, 11) is 0. The van der Waals surface area contributed by atoms with Crippen molar-refractivity contribution >= 4 is 33.2 Å². The number of ketones is 1. The van der Waals surface area contributed by atoms with Gasteiger partial charge in [-0.2, -0.15) is 0 Å². The molecule has 0 unspecified atom stereocenters. The average Bonchev–Trinajstić information content (AvgIpc) is 2.91. The fraction of sp³-hybridized carbons (Fsp3) is 0.222. The van der Waals surface area contributed by atoms with Crippen LogP contribution in [0.25, 0.3) is 10.2 Å². The third kappa shape index (κ3) is 2.11. The molecule has 0 bridgehead atoms. The highest BCUT2D eigenvalue weighted by Crippen LogP contribution is 2.37. The first-order valence-electron chi connectivity index (χ1n) is 7.54. The molecule has 4 heteroatoms. The van der Waals surface area contributed by atoms with Gasteiger partial charge in [-0.05, 0) is 37.3 Å². The summed E-state index contributed by atoms with van der Waals surface area (Å²) in [5.41, 5.74) is 8.60. The second-order valence-electron chi connectivity index (χ2n) is 5.68. The van der Waals surface area contributed by atoms with Gasteiger partial charge in [0.1, 0.15) is 10.6 Å². The Morgan fingerprint density at radius 1 is 1.14 bits per heavy atom. The first-order chi connectivity index (χ1) is 10.7. The number of nitrogen functional groups attached to an aromatic ring is 1. The lowest BCUT2D eigenvalue weighted by Gasteiger charge is -2.10. The maximum atomic E-state index is 12.7. The molecular formula is C18H16N2OS. The maximum Gasteiger partial charge on any atom is 0.196 e. The molecule has 0 fully saturated rings. The molecule has 0 aliphatic heterocycles. The Bertz CT molecular complexity index is 868. The van der Waals surface area contributed by atoms with Gasteiger partial charge in [-0.25, -0.2) is 4.98 Å². The van der Waals surface area contributed by atoms with Gasteiger partial charge in [0.25, 0.3) is 0 Å². The van der Waals surface area contributed by atoms with Gasteiger partial charge >= 0.3 is 0 Å². The molecule has 0 spiro atoms. The Labute approximate surface area is 132 Å². The summed E-state index contributed by atoms with van der Waals surface area (Å²) in [5.74, 6) is 0.281. The highest BCUT2D eigenvalue weighted by molar-refractivity contribution is 7.18. The van der Waals surface area contributed by atoms with Gasteiger partial charge in [0, 0.05) is 15.8 Å². The van der Waals surface area contributed by atoms with E-state index in [0.29, 0.717) is 16.9 Å². The molecule has 110 valence electrons. The Kier molecular flexibility index (Phi) is 3.19. The summed E-state index contributed by atoms with van der Waals surface area (Å²) in [6.07, 6.45) is 4.66. The highest BCUT2D eigenvalue weighted by atomic mass is 32.1. The Hall–Kier alpha value is -2.20. The average molecular weight is 308 g/mol. The molecule has 0 saturated carbocycles. The van der Waals surface area contributed by atoms with Gasteiger partial charge in [0.2, 0.25) is 0 Å². The summed E-state index contributed by atoms with van der Waals surface area (Å²) in [6, 6.07) is 11.2. The normalized spacial score (nSPS) is 14.0. The maximum absolute atomic E-state index is 12.7. The molecule has 1 aromatic carbocycles. The number of hydrogen-bond acceptors (Lipinski definition) is 4. The van der Waals surface area contributed by atoms with Crippen molar-refractivity contribution in [1.29, 1.82) is 0 Å². The number of hydrogen-bond donors (Lipinski definition) is 1. The fourth-order valence-corrected chi connectivity index (χ4v) is 4.37. The van der Waals surface area contributed by atoms with Crippen molar-refractivity contribution in [3.63, 3.8) is 0 Å². The molecule has 0 atom stereocenters. The van der Waals surface area contributed by atoms with E-state index in [9.17, 15) is 4.79 Å². The summed E-state index contributed by atoms with van der Waals surface area (Å²) in [5, 5.41) is 1.12. The van der Waals surface area contributed by atoms with Crippen LogP contribution in [0, 0.1) is 0 Å². The second kappa shape index (κ2) is 5.21. The van der Waals surface area contributed by atoms with Gasteiger partial charge in [-0.1, -0.05) is 30.3 Å². The number of carbonyl (C=O) groups excluding carboxylic acids is 1. The van der Waals surface area contributed by atoms with E-state index in [4.69, 9.17) is 5.73 Å². The van der Waals surface area contributed by atoms with Crippen molar-refractivity contribution in [2.45, 2.75) is 25.7 Å². The summed E-state index contributed by atoms with van der Waals surface area (Å²) in [4.78, 5) is 19.6. The van der Waals surface area contributed by atoms with Crippen LogP contribution < -0.4 is 5.73 Å². The SMILES string of the molecule is Nc1nc2sc3c(c2cc1C(=O)c1ccccc1)CCCC3. The smallest absolute Gasteiger partial charge is 0.196 e. The molecular weight excluding hydrogens is 292 g/mol. The predicted octanol–water partition coefficient (Wildman–Crippen LogP) is 3.99. The molecule has 22 heavy (non-hydrogen) atoms. The lowest BCUT2D eigenvalue weighted by molar-refractivity contribution is 0.103. The molecule has 2 heterocycles. The van der Waals surface area contributed by atoms with Crippen molar-refractivity contribution in [3.05, 3.63) is 58.0 Å². The van der Waals surface area contributed by atoms with Crippen LogP contribution in [0.3, 0.4) is 0 Å². The highest BCUT2D eigenvalue weighted by Gasteiger charge is 2.20. The Morgan fingerprint density at radius 3 is 2.73 bits per heavy atom. The van der Waals surface area contributed by atoms with Crippen LogP contribution in [-0.2, 0) is 12.8 Å². The minimum absolute atomic E-state index is 0.0525. The largest absolute Gasteiger partial charge is 0.383 e. The number of pyridine rings is 1. The third-order valence-corrected chi connectivity index (χ3v) is 5.46. The number of benzene rings is 1. The zero-order valence-electron chi connectivity index (χ0n) is 12.1. The number of fused-ring (bicyclic) bond motifs is 3. The number of nitrogens with zero attached hydrogens (tertiary/aromatic N) is 1. The number of rotatable bonds is 2. The van der Waals surface area contributed by atoms with Crippen LogP contribution in [0.5, 0.6) is 0 Å². The van der Waals surface area contributed by atoms with Crippen molar-refractivity contribution in [1.82, 2.24) is 4.98 Å². The molecule has 2 N–H and O–H groups in total. The van der Waals surface area contributed by atoms with Crippen LogP contribution in [0.2, 0.25) is 0 Å². The summed E-state index contributed by atoms with van der Waals surface area (Å²) >= 11 is 1.73. The zero-order chi connectivity index (χ0) is 15.1.